The Kier molecular flexibility index (Phi) is 16.2. The van der Waals surface area contributed by atoms with Gasteiger partial charge in [0.05, 0.1) is 24.1 Å². The van der Waals surface area contributed by atoms with Crippen LogP contribution in [0.15, 0.2) is 101 Å². The topological polar surface area (TPSA) is 119 Å². The van der Waals surface area contributed by atoms with E-state index < -0.39 is 29.7 Å². The number of halogens is 2. The number of alkyl halides is 1. The number of aliphatic hydroxyl groups excluding tert-OH is 2. The van der Waals surface area contributed by atoms with Crippen molar-refractivity contribution in [2.75, 3.05) is 45.2 Å². The molecule has 318 valence electrons. The van der Waals surface area contributed by atoms with Crippen LogP contribution in [0.5, 0.6) is 17.2 Å². The molecule has 2 aliphatic carbocycles. The Morgan fingerprint density at radius 1 is 1.05 bits per heavy atom. The zero-order valence-corrected chi connectivity index (χ0v) is 35.5. The van der Waals surface area contributed by atoms with Crippen molar-refractivity contribution in [3.63, 3.8) is 0 Å². The summed E-state index contributed by atoms with van der Waals surface area (Å²) < 4.78 is 40.7. The predicted molar refractivity (Wildman–Crippen MR) is 229 cm³/mol. The van der Waals surface area contributed by atoms with E-state index >= 15 is 0 Å². The molecule has 0 spiro atoms. The number of ether oxygens (including phenoxy) is 4. The van der Waals surface area contributed by atoms with Gasteiger partial charge in [-0.3, -0.25) is 4.90 Å². The second-order valence-corrected chi connectivity index (χ2v) is 16.3. The van der Waals surface area contributed by atoms with Crippen LogP contribution in [0.3, 0.4) is 0 Å². The molecule has 0 radical (unpaired) electrons. The molecule has 3 aromatic carbocycles. The Hall–Kier alpha value is -4.07. The van der Waals surface area contributed by atoms with E-state index in [-0.39, 0.29) is 63.0 Å². The van der Waals surface area contributed by atoms with Gasteiger partial charge in [0.2, 0.25) is 5.79 Å². The average molecular weight is 851 g/mol. The van der Waals surface area contributed by atoms with E-state index in [4.69, 9.17) is 40.5 Å². The number of rotatable bonds is 21. The van der Waals surface area contributed by atoms with E-state index in [1.807, 2.05) is 49.6 Å². The minimum Gasteiger partial charge on any atom is -0.459 e. The molecule has 59 heavy (non-hydrogen) atoms. The van der Waals surface area contributed by atoms with Crippen molar-refractivity contribution in [2.24, 2.45) is 22.9 Å². The number of aliphatic hydroxyl groups is 2. The molecule has 2 N–H and O–H groups in total. The van der Waals surface area contributed by atoms with Gasteiger partial charge in [-0.15, -0.1) is 29.9 Å². The number of carbonyl (C=O) groups is 1. The fourth-order valence-electron chi connectivity index (χ4n) is 8.93. The van der Waals surface area contributed by atoms with E-state index in [1.54, 1.807) is 34.9 Å². The summed E-state index contributed by atoms with van der Waals surface area (Å²) in [6.45, 7) is 6.49. The van der Waals surface area contributed by atoms with Crippen LogP contribution in [0.1, 0.15) is 68.9 Å². The van der Waals surface area contributed by atoms with Gasteiger partial charge in [0.15, 0.2) is 0 Å². The third-order valence-corrected chi connectivity index (χ3v) is 12.3. The van der Waals surface area contributed by atoms with Gasteiger partial charge in [0, 0.05) is 42.6 Å². The van der Waals surface area contributed by atoms with Crippen molar-refractivity contribution in [1.29, 1.82) is 0 Å². The Labute approximate surface area is 356 Å². The van der Waals surface area contributed by atoms with Gasteiger partial charge in [-0.25, -0.2) is 9.18 Å². The van der Waals surface area contributed by atoms with Gasteiger partial charge < -0.3 is 34.0 Å². The Balaban J connectivity index is 1.59. The van der Waals surface area contributed by atoms with Gasteiger partial charge in [0.1, 0.15) is 42.3 Å². The van der Waals surface area contributed by atoms with E-state index in [9.17, 15) is 19.4 Å². The molecule has 1 heterocycles. The Bertz CT molecular complexity index is 1910. The average Bonchev–Trinajstić information content (AvgIpc) is 3.25. The first-order chi connectivity index (χ1) is 28.8. The zero-order chi connectivity index (χ0) is 41.8. The second kappa shape index (κ2) is 21.4. The molecule has 1 aliphatic heterocycles. The number of nitrogens with zero attached hydrogens (tertiary/aromatic N) is 2. The molecule has 0 saturated heterocycles. The smallest absolute Gasteiger partial charge is 0.410 e. The molecule has 13 heteroatoms. The quantitative estimate of drug-likeness (QED) is 0.0355. The van der Waals surface area contributed by atoms with E-state index in [0.717, 1.165) is 41.7 Å². The first kappa shape index (κ1) is 44.5. The highest BCUT2D eigenvalue weighted by atomic mass is 35.5. The van der Waals surface area contributed by atoms with Crippen LogP contribution < -0.4 is 9.47 Å². The number of allylic oxidation sites excluding steroid dienone is 1. The molecule has 3 aliphatic rings. The summed E-state index contributed by atoms with van der Waals surface area (Å²) in [5.74, 6) is -0.536. The molecule has 6 atom stereocenters. The first-order valence-electron chi connectivity index (χ1n) is 20.6. The number of thioether (sulfide) groups is 1. The van der Waals surface area contributed by atoms with Crippen LogP contribution in [0.25, 0.3) is 0 Å². The summed E-state index contributed by atoms with van der Waals surface area (Å²) >= 11 is 7.70. The van der Waals surface area contributed by atoms with E-state index in [0.29, 0.717) is 48.0 Å². The van der Waals surface area contributed by atoms with E-state index in [2.05, 4.69) is 18.7 Å². The van der Waals surface area contributed by atoms with Crippen LogP contribution >= 0.6 is 23.4 Å². The van der Waals surface area contributed by atoms with Gasteiger partial charge >= 0.3 is 6.09 Å². The molecule has 1 saturated carbocycles. The lowest BCUT2D eigenvalue weighted by Crippen LogP contribution is -2.70. The van der Waals surface area contributed by atoms with Crippen molar-refractivity contribution in [1.82, 2.24) is 4.90 Å². The van der Waals surface area contributed by atoms with Crippen LogP contribution in [0.4, 0.5) is 9.18 Å². The summed E-state index contributed by atoms with van der Waals surface area (Å²) in [6, 6.07) is 19.0. The first-order valence-corrected chi connectivity index (χ1v) is 22.3. The van der Waals surface area contributed by atoms with Crippen LogP contribution in [0, 0.1) is 23.6 Å². The van der Waals surface area contributed by atoms with Crippen molar-refractivity contribution in [2.45, 2.75) is 81.1 Å². The van der Waals surface area contributed by atoms with Gasteiger partial charge in [-0.05, 0) is 116 Å². The van der Waals surface area contributed by atoms with Crippen molar-refractivity contribution in [3.8, 4) is 17.2 Å². The summed E-state index contributed by atoms with van der Waals surface area (Å²) in [5.41, 5.74) is 3.18. The minimum atomic E-state index is -1.50. The number of hydrogen-bond donors (Lipinski definition) is 2. The molecule has 0 bridgehead atoms. The number of oxime groups is 1. The highest BCUT2D eigenvalue weighted by Crippen LogP contribution is 2.62. The van der Waals surface area contributed by atoms with Crippen LogP contribution in [0.2, 0.25) is 0 Å². The maximum absolute atomic E-state index is 14.4. The molecule has 6 rings (SSSR count). The fraction of sp³-hybridized carbons (Fsp3) is 0.478. The number of hydrogen-bond acceptors (Lipinski definition) is 10. The van der Waals surface area contributed by atoms with Gasteiger partial charge in [-0.2, -0.15) is 0 Å². The number of unbranched alkanes of at least 4 members (excludes halogenated alkanes) is 2. The largest absolute Gasteiger partial charge is 0.459 e. The normalized spacial score (nSPS) is 23.7. The number of carbonyl (C=O) groups excluding carboxylic acids is 1. The SMILES string of the molecule is C=CCOC12Oc3ccc(Oc4ccc(SC)cc4)cc3C3C(CCCCO)C(CCCCO)C=C(C(=NOCC)CC1N(Cc1ccc(F)cc1)C(=O)OCCCl)C32. The molecule has 3 aromatic rings. The maximum Gasteiger partial charge on any atom is 0.410 e. The molecule has 6 unspecified atom stereocenters. The Morgan fingerprint density at radius 3 is 2.46 bits per heavy atom. The standard InChI is InChI=1S/C46H56ClFN2O8S/c1-4-25-55-46-42(50(45(53)54-26-22-47)30-31-12-14-33(48)15-13-31)29-40(49-56-5-2)38-27-32(10-6-8-23-51)37(11-7-9-24-52)43(44(38)46)39-28-35(18-21-41(39)58-46)57-34-16-19-36(59-3)20-17-34/h4,12-21,27-28,32,37,42-44,51-52H,1,5-11,22-26,29-30H2,2-3H3. The summed E-state index contributed by atoms with van der Waals surface area (Å²) in [4.78, 5) is 22.9. The summed E-state index contributed by atoms with van der Waals surface area (Å²) in [6.07, 6.45) is 10.0. The van der Waals surface area contributed by atoms with Crippen LogP contribution in [-0.2, 0) is 20.9 Å². The number of amides is 1. The lowest BCUT2D eigenvalue weighted by atomic mass is 9.55. The molecule has 10 nitrogen and oxygen atoms in total. The molecular formula is C46H56ClFN2O8S. The highest BCUT2D eigenvalue weighted by molar-refractivity contribution is 7.98. The summed E-state index contributed by atoms with van der Waals surface area (Å²) in [7, 11) is 0. The van der Waals surface area contributed by atoms with Gasteiger partial charge in [0.25, 0.3) is 0 Å². The third-order valence-electron chi connectivity index (χ3n) is 11.4. The van der Waals surface area contributed by atoms with Gasteiger partial charge in [-0.1, -0.05) is 42.3 Å². The van der Waals surface area contributed by atoms with Crippen molar-refractivity contribution < 1.29 is 43.2 Å². The van der Waals surface area contributed by atoms with E-state index in [1.165, 1.54) is 12.1 Å². The number of benzene rings is 3. The Morgan fingerprint density at radius 2 is 1.78 bits per heavy atom. The lowest BCUT2D eigenvalue weighted by molar-refractivity contribution is -0.256. The molecule has 1 fully saturated rings. The molecule has 0 aromatic heterocycles. The predicted octanol–water partition coefficient (Wildman–Crippen LogP) is 9.87. The third kappa shape index (κ3) is 10.3. The zero-order valence-electron chi connectivity index (χ0n) is 33.9. The number of fused-ring (bicyclic) bond motifs is 2. The van der Waals surface area contributed by atoms with Crippen LogP contribution in [-0.4, -0.2) is 83.9 Å². The second-order valence-electron chi connectivity index (χ2n) is 15.0. The molecular weight excluding hydrogens is 795 g/mol. The van der Waals surface area contributed by atoms with Crippen molar-refractivity contribution >= 4 is 35.2 Å². The lowest BCUT2D eigenvalue weighted by Gasteiger charge is -2.59. The van der Waals surface area contributed by atoms with Crippen molar-refractivity contribution in [3.05, 3.63) is 108 Å². The minimum absolute atomic E-state index is 0.0281. The fourth-order valence-corrected chi connectivity index (χ4v) is 9.42. The monoisotopic (exact) mass is 850 g/mol. The maximum atomic E-state index is 14.4. The molecule has 1 amide bonds. The summed E-state index contributed by atoms with van der Waals surface area (Å²) in [5, 5.41) is 24.5. The highest BCUT2D eigenvalue weighted by Gasteiger charge is 2.65.